The highest BCUT2D eigenvalue weighted by Crippen LogP contribution is 2.31. The molecule has 1 N–H and O–H groups in total. The molecule has 0 atom stereocenters. The Kier molecular flexibility index (Phi) is 4.28. The van der Waals surface area contributed by atoms with E-state index in [-0.39, 0.29) is 11.7 Å². The fourth-order valence-electron chi connectivity index (χ4n) is 3.10. The summed E-state index contributed by atoms with van der Waals surface area (Å²) in [4.78, 5) is 14.3. The third-order valence-corrected chi connectivity index (χ3v) is 5.67. The molecule has 0 aliphatic heterocycles. The third-order valence-electron chi connectivity index (χ3n) is 4.56. The van der Waals surface area contributed by atoms with E-state index in [2.05, 4.69) is 10.4 Å². The number of para-hydroxylation sites is 1. The van der Waals surface area contributed by atoms with Gasteiger partial charge in [-0.05, 0) is 62.2 Å². The molecule has 6 heteroatoms. The second-order valence-corrected chi connectivity index (χ2v) is 7.55. The molecule has 1 amide bonds. The molecule has 0 unspecified atom stereocenters. The number of halogens is 1. The standard InChI is InChI=1S/C21H18FN3OS/c1-12-5-4-6-13(2)19(12)23-20(26)18-11-17-14(3)24-25(21(17)27-18)16-9-7-15(22)8-10-16/h4-11H,1-3H3,(H,23,26). The van der Waals surface area contributed by atoms with Crippen LogP contribution >= 0.6 is 11.3 Å². The maximum absolute atomic E-state index is 13.2. The van der Waals surface area contributed by atoms with E-state index in [1.54, 1.807) is 16.8 Å². The summed E-state index contributed by atoms with van der Waals surface area (Å²) >= 11 is 1.38. The minimum absolute atomic E-state index is 0.140. The number of rotatable bonds is 3. The van der Waals surface area contributed by atoms with E-state index < -0.39 is 0 Å². The van der Waals surface area contributed by atoms with E-state index in [4.69, 9.17) is 0 Å². The average Bonchev–Trinajstić information content (AvgIpc) is 3.20. The lowest BCUT2D eigenvalue weighted by Gasteiger charge is -2.10. The van der Waals surface area contributed by atoms with E-state index in [1.165, 1.54) is 23.5 Å². The fourth-order valence-corrected chi connectivity index (χ4v) is 4.18. The van der Waals surface area contributed by atoms with Crippen LogP contribution in [-0.2, 0) is 0 Å². The average molecular weight is 379 g/mol. The van der Waals surface area contributed by atoms with Gasteiger partial charge in [-0.2, -0.15) is 5.10 Å². The van der Waals surface area contributed by atoms with E-state index in [9.17, 15) is 9.18 Å². The molecule has 27 heavy (non-hydrogen) atoms. The van der Waals surface area contributed by atoms with E-state index in [1.807, 2.05) is 45.0 Å². The van der Waals surface area contributed by atoms with Gasteiger partial charge in [0.05, 0.1) is 16.3 Å². The van der Waals surface area contributed by atoms with Gasteiger partial charge in [0, 0.05) is 11.1 Å². The number of nitrogens with one attached hydrogen (secondary N) is 1. The van der Waals surface area contributed by atoms with Gasteiger partial charge in [0.25, 0.3) is 5.91 Å². The lowest BCUT2D eigenvalue weighted by atomic mass is 10.1. The van der Waals surface area contributed by atoms with Crippen LogP contribution in [0, 0.1) is 26.6 Å². The topological polar surface area (TPSA) is 46.9 Å². The van der Waals surface area contributed by atoms with Crippen molar-refractivity contribution in [1.29, 1.82) is 0 Å². The van der Waals surface area contributed by atoms with Crippen LogP contribution < -0.4 is 5.32 Å². The van der Waals surface area contributed by atoms with Crippen LogP contribution in [0.1, 0.15) is 26.5 Å². The number of benzene rings is 2. The van der Waals surface area contributed by atoms with Crippen molar-refractivity contribution in [2.75, 3.05) is 5.32 Å². The molecule has 2 heterocycles. The molecule has 0 spiro atoms. The number of hydrogen-bond donors (Lipinski definition) is 1. The van der Waals surface area contributed by atoms with Gasteiger partial charge in [0.1, 0.15) is 10.6 Å². The lowest BCUT2D eigenvalue weighted by Crippen LogP contribution is -2.12. The first-order valence-electron chi connectivity index (χ1n) is 8.56. The normalized spacial score (nSPS) is 11.1. The Morgan fingerprint density at radius 1 is 1.07 bits per heavy atom. The summed E-state index contributed by atoms with van der Waals surface area (Å²) in [6, 6.07) is 14.0. The van der Waals surface area contributed by atoms with Crippen LogP contribution in [0.2, 0.25) is 0 Å². The number of anilines is 1. The molecule has 4 nitrogen and oxygen atoms in total. The molecule has 2 aromatic carbocycles. The first-order valence-corrected chi connectivity index (χ1v) is 9.38. The van der Waals surface area contributed by atoms with Crippen LogP contribution in [0.5, 0.6) is 0 Å². The van der Waals surface area contributed by atoms with Gasteiger partial charge >= 0.3 is 0 Å². The number of fused-ring (bicyclic) bond motifs is 1. The summed E-state index contributed by atoms with van der Waals surface area (Å²) < 4.78 is 15.0. The maximum Gasteiger partial charge on any atom is 0.265 e. The van der Waals surface area contributed by atoms with E-state index >= 15 is 0 Å². The third kappa shape index (κ3) is 3.13. The van der Waals surface area contributed by atoms with E-state index in [0.717, 1.165) is 38.4 Å². The summed E-state index contributed by atoms with van der Waals surface area (Å²) in [6.07, 6.45) is 0. The highest BCUT2D eigenvalue weighted by Gasteiger charge is 2.18. The van der Waals surface area contributed by atoms with Crippen LogP contribution in [0.15, 0.2) is 48.5 Å². The molecule has 0 radical (unpaired) electrons. The van der Waals surface area contributed by atoms with Crippen molar-refractivity contribution >= 4 is 33.1 Å². The minimum Gasteiger partial charge on any atom is -0.321 e. The van der Waals surface area contributed by atoms with Gasteiger partial charge in [0.15, 0.2) is 0 Å². The number of thiophene rings is 1. The van der Waals surface area contributed by atoms with Crippen molar-refractivity contribution in [1.82, 2.24) is 9.78 Å². The molecule has 0 bridgehead atoms. The highest BCUT2D eigenvalue weighted by molar-refractivity contribution is 7.20. The zero-order valence-corrected chi connectivity index (χ0v) is 16.0. The van der Waals surface area contributed by atoms with Crippen LogP contribution in [0.4, 0.5) is 10.1 Å². The van der Waals surface area contributed by atoms with Crippen molar-refractivity contribution in [3.05, 3.63) is 76.0 Å². The van der Waals surface area contributed by atoms with Gasteiger partial charge in [-0.1, -0.05) is 18.2 Å². The second kappa shape index (κ2) is 6.63. The fraction of sp³-hybridized carbons (Fsp3) is 0.143. The first kappa shape index (κ1) is 17.4. The van der Waals surface area contributed by atoms with Gasteiger partial charge < -0.3 is 5.32 Å². The number of nitrogens with zero attached hydrogens (tertiary/aromatic N) is 2. The Balaban J connectivity index is 1.72. The number of carbonyl (C=O) groups excluding carboxylic acids is 1. The molecule has 4 aromatic rings. The quantitative estimate of drug-likeness (QED) is 0.518. The minimum atomic E-state index is -0.293. The number of aryl methyl sites for hydroxylation is 3. The molecule has 0 saturated heterocycles. The van der Waals surface area contributed by atoms with Gasteiger partial charge in [0.2, 0.25) is 0 Å². The van der Waals surface area contributed by atoms with Crippen molar-refractivity contribution in [3.8, 4) is 5.69 Å². The van der Waals surface area contributed by atoms with Crippen molar-refractivity contribution in [2.45, 2.75) is 20.8 Å². The molecule has 0 saturated carbocycles. The number of hydrogen-bond acceptors (Lipinski definition) is 3. The maximum atomic E-state index is 13.2. The summed E-state index contributed by atoms with van der Waals surface area (Å²) in [5.41, 5.74) is 4.49. The monoisotopic (exact) mass is 379 g/mol. The van der Waals surface area contributed by atoms with Crippen LogP contribution in [0.25, 0.3) is 15.9 Å². The number of carbonyl (C=O) groups is 1. The Morgan fingerprint density at radius 3 is 2.41 bits per heavy atom. The highest BCUT2D eigenvalue weighted by atomic mass is 32.1. The molecule has 0 fully saturated rings. The first-order chi connectivity index (χ1) is 12.9. The van der Waals surface area contributed by atoms with E-state index in [0.29, 0.717) is 4.88 Å². The van der Waals surface area contributed by atoms with Crippen molar-refractivity contribution in [3.63, 3.8) is 0 Å². The smallest absolute Gasteiger partial charge is 0.265 e. The zero-order chi connectivity index (χ0) is 19.1. The summed E-state index contributed by atoms with van der Waals surface area (Å²) in [6.45, 7) is 5.86. The van der Waals surface area contributed by atoms with Gasteiger partial charge in [-0.25, -0.2) is 9.07 Å². The molecular weight excluding hydrogens is 361 g/mol. The van der Waals surface area contributed by atoms with Crippen LogP contribution in [0.3, 0.4) is 0 Å². The molecule has 0 aliphatic rings. The number of amides is 1. The largest absolute Gasteiger partial charge is 0.321 e. The Labute approximate surface area is 160 Å². The van der Waals surface area contributed by atoms with Crippen LogP contribution in [-0.4, -0.2) is 15.7 Å². The Hall–Kier alpha value is -2.99. The van der Waals surface area contributed by atoms with Crippen molar-refractivity contribution < 1.29 is 9.18 Å². The predicted molar refractivity (Wildman–Crippen MR) is 108 cm³/mol. The Morgan fingerprint density at radius 2 is 1.74 bits per heavy atom. The summed E-state index contributed by atoms with van der Waals surface area (Å²) in [5.74, 6) is -0.433. The zero-order valence-electron chi connectivity index (χ0n) is 15.2. The second-order valence-electron chi connectivity index (χ2n) is 6.52. The summed E-state index contributed by atoms with van der Waals surface area (Å²) in [5, 5.41) is 8.49. The molecule has 2 aromatic heterocycles. The SMILES string of the molecule is Cc1cccc(C)c1NC(=O)c1cc2c(C)nn(-c3ccc(F)cc3)c2s1. The number of aromatic nitrogens is 2. The lowest BCUT2D eigenvalue weighted by molar-refractivity contribution is 0.103. The summed E-state index contributed by atoms with van der Waals surface area (Å²) in [7, 11) is 0. The van der Waals surface area contributed by atoms with Gasteiger partial charge in [-0.3, -0.25) is 4.79 Å². The Bertz CT molecular complexity index is 1140. The van der Waals surface area contributed by atoms with Crippen molar-refractivity contribution in [2.24, 2.45) is 0 Å². The molecule has 136 valence electrons. The molecular formula is C21H18FN3OS. The predicted octanol–water partition coefficient (Wildman–Crippen LogP) is 5.40. The van der Waals surface area contributed by atoms with Gasteiger partial charge in [-0.15, -0.1) is 11.3 Å². The molecule has 4 rings (SSSR count). The molecule has 0 aliphatic carbocycles.